The number of amides is 1. The monoisotopic (exact) mass is 480 g/mol. The molecule has 3 aromatic rings. The maximum atomic E-state index is 12.4. The van der Waals surface area contributed by atoms with Gasteiger partial charge in [-0.3, -0.25) is 29.7 Å². The number of ether oxygens (including phenoxy) is 1. The number of rotatable bonds is 8. The molecule has 13 heteroatoms. The fourth-order valence-corrected chi connectivity index (χ4v) is 3.26. The van der Waals surface area contributed by atoms with Crippen molar-refractivity contribution in [3.8, 4) is 5.75 Å². The van der Waals surface area contributed by atoms with E-state index in [9.17, 15) is 29.8 Å². The van der Waals surface area contributed by atoms with E-state index in [0.717, 1.165) is 0 Å². The van der Waals surface area contributed by atoms with E-state index in [0.29, 0.717) is 5.56 Å². The van der Waals surface area contributed by atoms with Crippen molar-refractivity contribution in [2.24, 2.45) is 5.10 Å². The summed E-state index contributed by atoms with van der Waals surface area (Å²) in [5.74, 6) is -1.24. The third kappa shape index (κ3) is 5.52. The summed E-state index contributed by atoms with van der Waals surface area (Å²) in [4.78, 5) is 45.7. The predicted molar refractivity (Wildman–Crippen MR) is 123 cm³/mol. The summed E-state index contributed by atoms with van der Waals surface area (Å²) in [6, 6.07) is 10.7. The molecule has 1 aromatic heterocycles. The quantitative estimate of drug-likeness (QED) is 0.168. The van der Waals surface area contributed by atoms with E-state index < -0.39 is 27.8 Å². The van der Waals surface area contributed by atoms with Gasteiger partial charge in [-0.05, 0) is 56.7 Å². The second kappa shape index (κ2) is 10.3. The summed E-state index contributed by atoms with van der Waals surface area (Å²) in [7, 11) is 0. The highest BCUT2D eigenvalue weighted by molar-refractivity contribution is 5.95. The molecule has 13 nitrogen and oxygen atoms in total. The Morgan fingerprint density at radius 1 is 1.09 bits per heavy atom. The number of aryl methyl sites for hydroxylation is 1. The number of para-hydroxylation sites is 1. The second-order valence-electron chi connectivity index (χ2n) is 7.36. The van der Waals surface area contributed by atoms with Crippen molar-refractivity contribution in [3.05, 3.63) is 91.3 Å². The van der Waals surface area contributed by atoms with Gasteiger partial charge >= 0.3 is 11.7 Å². The van der Waals surface area contributed by atoms with E-state index in [1.165, 1.54) is 68.1 Å². The number of hydrogen-bond acceptors (Lipinski definition) is 9. The highest BCUT2D eigenvalue weighted by Crippen LogP contribution is 2.24. The Bertz CT molecular complexity index is 1330. The van der Waals surface area contributed by atoms with Crippen molar-refractivity contribution in [2.75, 3.05) is 0 Å². The average Bonchev–Trinajstić information content (AvgIpc) is 3.13. The first-order valence-electron chi connectivity index (χ1n) is 10.2. The highest BCUT2D eigenvalue weighted by atomic mass is 16.6. The number of nitrogens with one attached hydrogen (secondary N) is 1. The topological polar surface area (TPSA) is 172 Å². The van der Waals surface area contributed by atoms with Crippen LogP contribution in [0.1, 0.15) is 40.3 Å². The summed E-state index contributed by atoms with van der Waals surface area (Å²) >= 11 is 0. The van der Waals surface area contributed by atoms with E-state index in [1.807, 2.05) is 0 Å². The van der Waals surface area contributed by atoms with E-state index in [1.54, 1.807) is 12.1 Å². The van der Waals surface area contributed by atoms with Gasteiger partial charge in [-0.1, -0.05) is 12.1 Å². The van der Waals surface area contributed by atoms with Gasteiger partial charge in [0.2, 0.25) is 0 Å². The fourth-order valence-electron chi connectivity index (χ4n) is 3.26. The Kier molecular flexibility index (Phi) is 7.29. The molecule has 1 amide bonds. The van der Waals surface area contributed by atoms with Crippen LogP contribution in [0.2, 0.25) is 0 Å². The molecule has 0 fully saturated rings. The van der Waals surface area contributed by atoms with Crippen molar-refractivity contribution in [3.63, 3.8) is 0 Å². The van der Waals surface area contributed by atoms with Crippen LogP contribution in [-0.4, -0.2) is 37.7 Å². The SMILES string of the molecule is Cc1nn(C(C)C(=O)N/N=C/c2ccc(OC(=O)c3ccccc3[N+](=O)[O-])cc2)c(C)c1[N+](=O)[O-]. The smallest absolute Gasteiger partial charge is 0.350 e. The third-order valence-electron chi connectivity index (χ3n) is 5.02. The van der Waals surface area contributed by atoms with Crippen LogP contribution >= 0.6 is 0 Å². The lowest BCUT2D eigenvalue weighted by molar-refractivity contribution is -0.386. The number of hydrogen-bond donors (Lipinski definition) is 1. The minimum absolute atomic E-state index is 0.143. The number of benzene rings is 2. The molecule has 180 valence electrons. The van der Waals surface area contributed by atoms with E-state index >= 15 is 0 Å². The third-order valence-corrected chi connectivity index (χ3v) is 5.02. The lowest BCUT2D eigenvalue weighted by Gasteiger charge is -2.11. The van der Waals surface area contributed by atoms with E-state index in [4.69, 9.17) is 4.74 Å². The molecular weight excluding hydrogens is 460 g/mol. The van der Waals surface area contributed by atoms with Crippen LogP contribution in [0.5, 0.6) is 5.75 Å². The first-order chi connectivity index (χ1) is 16.6. The Balaban J connectivity index is 1.62. The van der Waals surface area contributed by atoms with Gasteiger partial charge in [-0.2, -0.15) is 10.2 Å². The van der Waals surface area contributed by atoms with Gasteiger partial charge in [0.05, 0.1) is 16.1 Å². The highest BCUT2D eigenvalue weighted by Gasteiger charge is 2.27. The van der Waals surface area contributed by atoms with Crippen LogP contribution in [0.3, 0.4) is 0 Å². The molecule has 0 radical (unpaired) electrons. The molecule has 0 aliphatic rings. The van der Waals surface area contributed by atoms with Gasteiger partial charge in [0, 0.05) is 6.07 Å². The normalized spacial score (nSPS) is 11.7. The standard InChI is InChI=1S/C22H20N6O7/c1-13-20(28(33)34)14(2)26(25-13)15(3)21(29)24-23-12-16-8-10-17(11-9-16)35-22(30)18-6-4-5-7-19(18)27(31)32/h4-12,15H,1-3H3,(H,24,29)/b23-12+. The van der Waals surface area contributed by atoms with E-state index in [2.05, 4.69) is 15.6 Å². The van der Waals surface area contributed by atoms with Crippen LogP contribution in [0.25, 0.3) is 0 Å². The van der Waals surface area contributed by atoms with Crippen LogP contribution < -0.4 is 10.2 Å². The number of aromatic nitrogens is 2. The average molecular weight is 480 g/mol. The fraction of sp³-hybridized carbons (Fsp3) is 0.182. The minimum atomic E-state index is -0.871. The number of carbonyl (C=O) groups excluding carboxylic acids is 2. The van der Waals surface area contributed by atoms with Gasteiger partial charge < -0.3 is 4.74 Å². The second-order valence-corrected chi connectivity index (χ2v) is 7.36. The molecular formula is C22H20N6O7. The zero-order chi connectivity index (χ0) is 25.7. The van der Waals surface area contributed by atoms with Gasteiger partial charge in [-0.15, -0.1) is 0 Å². The Morgan fingerprint density at radius 2 is 1.74 bits per heavy atom. The predicted octanol–water partition coefficient (Wildman–Crippen LogP) is 3.25. The molecule has 3 rings (SSSR count). The molecule has 1 atom stereocenters. The maximum Gasteiger partial charge on any atom is 0.350 e. The summed E-state index contributed by atoms with van der Waals surface area (Å²) < 4.78 is 6.46. The van der Waals surface area contributed by atoms with Crippen molar-refractivity contribution < 1.29 is 24.2 Å². The summed E-state index contributed by atoms with van der Waals surface area (Å²) in [6.07, 6.45) is 1.35. The lowest BCUT2D eigenvalue weighted by atomic mass is 10.2. The summed E-state index contributed by atoms with van der Waals surface area (Å²) in [5, 5.41) is 30.2. The van der Waals surface area contributed by atoms with Gasteiger partial charge in [0.1, 0.15) is 28.7 Å². The zero-order valence-electron chi connectivity index (χ0n) is 18.9. The van der Waals surface area contributed by atoms with Crippen LogP contribution in [0.15, 0.2) is 53.6 Å². The largest absolute Gasteiger partial charge is 0.423 e. The number of esters is 1. The first kappa shape index (κ1) is 24.7. The number of hydrazone groups is 1. The van der Waals surface area contributed by atoms with Crippen LogP contribution in [-0.2, 0) is 4.79 Å². The molecule has 0 bridgehead atoms. The summed E-state index contributed by atoms with van der Waals surface area (Å²) in [5.41, 5.74) is 2.70. The lowest BCUT2D eigenvalue weighted by Crippen LogP contribution is -2.28. The number of nitro benzene ring substituents is 1. The molecule has 0 saturated heterocycles. The molecule has 35 heavy (non-hydrogen) atoms. The molecule has 0 aliphatic heterocycles. The first-order valence-corrected chi connectivity index (χ1v) is 10.2. The molecule has 1 N–H and O–H groups in total. The Hall–Kier alpha value is -4.94. The molecule has 0 spiro atoms. The van der Waals surface area contributed by atoms with Crippen molar-refractivity contribution in [1.82, 2.24) is 15.2 Å². The molecule has 0 saturated carbocycles. The molecule has 0 aliphatic carbocycles. The number of carbonyl (C=O) groups is 2. The number of nitro groups is 2. The van der Waals surface area contributed by atoms with Gasteiger partial charge in [0.25, 0.3) is 11.6 Å². The van der Waals surface area contributed by atoms with Crippen molar-refractivity contribution in [1.29, 1.82) is 0 Å². The van der Waals surface area contributed by atoms with Crippen molar-refractivity contribution in [2.45, 2.75) is 26.8 Å². The minimum Gasteiger partial charge on any atom is -0.423 e. The number of nitrogens with zero attached hydrogens (tertiary/aromatic N) is 5. The van der Waals surface area contributed by atoms with Gasteiger partial charge in [-0.25, -0.2) is 10.2 Å². The molecule has 1 unspecified atom stereocenters. The van der Waals surface area contributed by atoms with Crippen LogP contribution in [0, 0.1) is 34.1 Å². The zero-order valence-corrected chi connectivity index (χ0v) is 18.9. The molecule has 1 heterocycles. The van der Waals surface area contributed by atoms with Gasteiger partial charge in [0.15, 0.2) is 0 Å². The van der Waals surface area contributed by atoms with E-state index in [-0.39, 0.29) is 34.1 Å². The van der Waals surface area contributed by atoms with Crippen molar-refractivity contribution >= 4 is 29.5 Å². The maximum absolute atomic E-state index is 12.4. The Labute approximate surface area is 198 Å². The molecule has 2 aromatic carbocycles. The summed E-state index contributed by atoms with van der Waals surface area (Å²) in [6.45, 7) is 4.54. The Morgan fingerprint density at radius 3 is 2.34 bits per heavy atom. The van der Waals surface area contributed by atoms with Crippen LogP contribution in [0.4, 0.5) is 11.4 Å².